The van der Waals surface area contributed by atoms with Crippen molar-refractivity contribution in [3.8, 4) is 17.0 Å². The van der Waals surface area contributed by atoms with Gasteiger partial charge in [-0.25, -0.2) is 9.11 Å². The number of rotatable bonds is 5. The van der Waals surface area contributed by atoms with Crippen LogP contribution in [-0.2, 0) is 16.8 Å². The molecule has 2 aliphatic heterocycles. The molecule has 2 N–H and O–H groups in total. The zero-order chi connectivity index (χ0) is 32.4. The zero-order valence-electron chi connectivity index (χ0n) is 27.2. The van der Waals surface area contributed by atoms with Crippen molar-refractivity contribution in [3.63, 3.8) is 0 Å². The molecule has 3 aliphatic rings. The highest BCUT2D eigenvalue weighted by Crippen LogP contribution is 2.47. The summed E-state index contributed by atoms with van der Waals surface area (Å²) in [4.78, 5) is 18.2. The molecule has 4 bridgehead atoms. The highest BCUT2D eigenvalue weighted by atomic mass is 32.2. The first-order valence-electron chi connectivity index (χ1n) is 16.7. The van der Waals surface area contributed by atoms with E-state index < -0.39 is 16.1 Å². The van der Waals surface area contributed by atoms with Crippen LogP contribution in [0.2, 0.25) is 0 Å². The molecule has 250 valence electrons. The third-order valence-electron chi connectivity index (χ3n) is 10.1. The lowest BCUT2D eigenvalue weighted by molar-refractivity contribution is 0.0977. The molecule has 1 unspecified atom stereocenters. The summed E-state index contributed by atoms with van der Waals surface area (Å²) in [6.07, 6.45) is 5.61. The zero-order valence-corrected chi connectivity index (χ0v) is 28.0. The van der Waals surface area contributed by atoms with Gasteiger partial charge in [0.1, 0.15) is 18.2 Å². The van der Waals surface area contributed by atoms with Gasteiger partial charge in [-0.05, 0) is 62.2 Å². The quantitative estimate of drug-likeness (QED) is 0.429. The van der Waals surface area contributed by atoms with Gasteiger partial charge >= 0.3 is 10.2 Å². The smallest absolute Gasteiger partial charge is 0.303 e. The Morgan fingerprint density at radius 2 is 1.83 bits per heavy atom. The van der Waals surface area contributed by atoms with E-state index in [9.17, 15) is 17.6 Å². The Morgan fingerprint density at radius 3 is 2.59 bits per heavy atom. The number of hydrogen-bond acceptors (Lipinski definition) is 7. The number of hydrogen-bond donors (Lipinski definition) is 2. The maximum Gasteiger partial charge on any atom is 0.303 e. The fourth-order valence-electron chi connectivity index (χ4n) is 7.37. The summed E-state index contributed by atoms with van der Waals surface area (Å²) in [6, 6.07) is 10.3. The van der Waals surface area contributed by atoms with Crippen molar-refractivity contribution in [3.05, 3.63) is 53.3 Å². The minimum atomic E-state index is -4.05. The lowest BCUT2D eigenvalue weighted by Crippen LogP contribution is -2.49. The molecule has 1 saturated carbocycles. The molecule has 0 radical (unpaired) electrons. The molecule has 1 atom stereocenters. The van der Waals surface area contributed by atoms with E-state index in [2.05, 4.69) is 31.3 Å². The van der Waals surface area contributed by atoms with Crippen LogP contribution < -0.4 is 14.8 Å². The lowest BCUT2D eigenvalue weighted by atomic mass is 9.81. The Kier molecular flexibility index (Phi) is 10.0. The van der Waals surface area contributed by atoms with Crippen LogP contribution in [0.15, 0.2) is 36.4 Å². The molecule has 0 saturated heterocycles. The second-order valence-electron chi connectivity index (χ2n) is 12.9. The summed E-state index contributed by atoms with van der Waals surface area (Å²) in [6.45, 7) is 7.64. The Morgan fingerprint density at radius 1 is 1.04 bits per heavy atom. The molecule has 1 aliphatic carbocycles. The Labute approximate surface area is 272 Å². The van der Waals surface area contributed by atoms with Gasteiger partial charge in [0.15, 0.2) is 0 Å². The first kappa shape index (κ1) is 32.9. The van der Waals surface area contributed by atoms with E-state index in [1.54, 1.807) is 6.07 Å². The minimum Gasteiger partial charge on any atom is -0.491 e. The molecular formula is C34H47FN6O4S. The van der Waals surface area contributed by atoms with E-state index in [4.69, 9.17) is 4.74 Å². The Balaban J connectivity index is 1.58. The van der Waals surface area contributed by atoms with Crippen LogP contribution in [0.1, 0.15) is 60.9 Å². The van der Waals surface area contributed by atoms with Gasteiger partial charge < -0.3 is 19.5 Å². The highest BCUT2D eigenvalue weighted by Gasteiger charge is 2.33. The van der Waals surface area contributed by atoms with Crippen molar-refractivity contribution in [1.29, 1.82) is 0 Å². The van der Waals surface area contributed by atoms with Crippen LogP contribution in [0.4, 0.5) is 4.39 Å². The van der Waals surface area contributed by atoms with Gasteiger partial charge in [-0.1, -0.05) is 32.3 Å². The molecule has 10 nitrogen and oxygen atoms in total. The molecule has 12 heteroatoms. The van der Waals surface area contributed by atoms with Crippen LogP contribution in [0.25, 0.3) is 22.2 Å². The first-order valence-corrected chi connectivity index (χ1v) is 18.1. The van der Waals surface area contributed by atoms with E-state index in [0.717, 1.165) is 80.6 Å². The number of aromatic nitrogens is 1. The Hall–Kier alpha value is -3.03. The van der Waals surface area contributed by atoms with Crippen molar-refractivity contribution < 1.29 is 22.3 Å². The molecule has 0 spiro atoms. The summed E-state index contributed by atoms with van der Waals surface area (Å²) >= 11 is 0. The van der Waals surface area contributed by atoms with Gasteiger partial charge in [0.25, 0.3) is 5.91 Å². The molecule has 3 aromatic rings. The van der Waals surface area contributed by atoms with Crippen molar-refractivity contribution in [2.75, 3.05) is 66.5 Å². The third-order valence-corrected chi connectivity index (χ3v) is 11.5. The summed E-state index contributed by atoms with van der Waals surface area (Å²) < 4.78 is 53.5. The number of benzene rings is 2. The average Bonchev–Trinajstić information content (AvgIpc) is 3.35. The van der Waals surface area contributed by atoms with Gasteiger partial charge in [0.05, 0.1) is 11.7 Å². The molecular weight excluding hydrogens is 607 g/mol. The molecule has 2 aromatic carbocycles. The summed E-state index contributed by atoms with van der Waals surface area (Å²) in [5, 5.41) is 4.34. The van der Waals surface area contributed by atoms with Crippen LogP contribution in [0, 0.1) is 5.82 Å². The maximum absolute atomic E-state index is 14.8. The van der Waals surface area contributed by atoms with Crippen LogP contribution >= 0.6 is 0 Å². The number of fused-ring (bicyclic) bond motifs is 4. The molecule has 1 amide bonds. The van der Waals surface area contributed by atoms with E-state index in [1.807, 2.05) is 25.2 Å². The van der Waals surface area contributed by atoms with Gasteiger partial charge in [-0.2, -0.15) is 12.7 Å². The van der Waals surface area contributed by atoms with Crippen molar-refractivity contribution in [2.45, 2.75) is 57.5 Å². The number of ether oxygens (including phenoxy) is 1. The predicted molar refractivity (Wildman–Crippen MR) is 179 cm³/mol. The second-order valence-corrected chi connectivity index (χ2v) is 14.7. The number of carbonyl (C=O) groups excluding carboxylic acids is 1. The average molecular weight is 655 g/mol. The lowest BCUT2D eigenvalue weighted by Gasteiger charge is -2.36. The number of nitrogens with one attached hydrogen (secondary N) is 2. The molecule has 1 aromatic heterocycles. The van der Waals surface area contributed by atoms with Crippen LogP contribution in [0.5, 0.6) is 5.75 Å². The largest absolute Gasteiger partial charge is 0.491 e. The van der Waals surface area contributed by atoms with Gasteiger partial charge in [0, 0.05) is 81.0 Å². The number of carbonyl (C=O) groups is 1. The maximum atomic E-state index is 14.8. The van der Waals surface area contributed by atoms with E-state index >= 15 is 0 Å². The van der Waals surface area contributed by atoms with Crippen LogP contribution in [-0.4, -0.2) is 106 Å². The molecule has 1 fully saturated rings. The van der Waals surface area contributed by atoms with Crippen molar-refractivity contribution in [2.24, 2.45) is 0 Å². The molecule has 6 rings (SSSR count). The molecule has 3 heterocycles. The fourth-order valence-corrected chi connectivity index (χ4v) is 8.20. The number of nitrogens with zero attached hydrogens (tertiary/aromatic N) is 4. The topological polar surface area (TPSA) is 99.1 Å². The van der Waals surface area contributed by atoms with E-state index in [-0.39, 0.29) is 24.0 Å². The Bertz CT molecular complexity index is 1670. The van der Waals surface area contributed by atoms with E-state index in [0.29, 0.717) is 31.4 Å². The van der Waals surface area contributed by atoms with Crippen molar-refractivity contribution in [1.82, 2.24) is 28.7 Å². The van der Waals surface area contributed by atoms with Gasteiger partial charge in [-0.15, -0.1) is 0 Å². The highest BCUT2D eigenvalue weighted by molar-refractivity contribution is 7.87. The summed E-state index contributed by atoms with van der Waals surface area (Å²) in [5.74, 6) is -0.171. The van der Waals surface area contributed by atoms with Crippen LogP contribution in [0.3, 0.4) is 0 Å². The van der Waals surface area contributed by atoms with E-state index in [1.165, 1.54) is 35.5 Å². The van der Waals surface area contributed by atoms with Gasteiger partial charge in [0.2, 0.25) is 0 Å². The standard InChI is InChI=1S/C34H47FN6O4S/c1-4-39-17-16-38(3)46(43,44)37-34(42)25-10-12-28-30(20-25)41-22-27(40(19-18-39)15-14-36-2)23-45-31-21-26(35)11-13-29(31)33(41)32(28)24-8-6-5-7-9-24/h10-13,20-21,24,27,36H,4-9,14-19,22-23H2,1-3H3,(H,37,42). The van der Waals surface area contributed by atoms with Gasteiger partial charge in [-0.3, -0.25) is 9.69 Å². The predicted octanol–water partition coefficient (Wildman–Crippen LogP) is 4.02. The first-order chi connectivity index (χ1) is 22.2. The fraction of sp³-hybridized carbons (Fsp3) is 0.559. The summed E-state index contributed by atoms with van der Waals surface area (Å²) in [7, 11) is -0.601. The minimum absolute atomic E-state index is 0.0366. The monoisotopic (exact) mass is 654 g/mol. The number of halogens is 1. The van der Waals surface area contributed by atoms with Crippen molar-refractivity contribution >= 4 is 27.0 Å². The number of likely N-dealkylation sites (N-methyl/N-ethyl adjacent to an activating group) is 3. The SMILES string of the molecule is CCN1CCN(CCNC)C2COc3cc(F)ccc3-c3c(C4CCCCC4)c4ccc(cc4n3C2)C(=O)NS(=O)(=O)N(C)CC1. The second kappa shape index (κ2) is 14.0. The number of amides is 1. The molecule has 46 heavy (non-hydrogen) atoms. The summed E-state index contributed by atoms with van der Waals surface area (Å²) in [5.41, 5.74) is 4.23. The normalized spacial score (nSPS) is 22.3. The third kappa shape index (κ3) is 6.68.